The fraction of sp³-hybridized carbons (Fsp3) is 0.462. The monoisotopic (exact) mass is 299 g/mol. The number of anilines is 1. The predicted octanol–water partition coefficient (Wildman–Crippen LogP) is 0.422. The van der Waals surface area contributed by atoms with Gasteiger partial charge in [0.1, 0.15) is 0 Å². The van der Waals surface area contributed by atoms with E-state index in [1.807, 2.05) is 31.1 Å². The molecule has 2 N–H and O–H groups in total. The lowest BCUT2D eigenvalue weighted by Crippen LogP contribution is -2.34. The summed E-state index contributed by atoms with van der Waals surface area (Å²) < 4.78 is 25.2. The molecule has 0 aromatic heterocycles. The fourth-order valence-electron chi connectivity index (χ4n) is 1.60. The molecule has 0 saturated carbocycles. The topological polar surface area (TPSA) is 78.5 Å². The lowest BCUT2D eigenvalue weighted by Gasteiger charge is -2.12. The van der Waals surface area contributed by atoms with Crippen LogP contribution in [-0.2, 0) is 10.0 Å². The van der Waals surface area contributed by atoms with Crippen molar-refractivity contribution in [3.05, 3.63) is 29.8 Å². The van der Waals surface area contributed by atoms with E-state index in [1.54, 1.807) is 19.1 Å². The summed E-state index contributed by atoms with van der Waals surface area (Å²) in [6.45, 7) is 2.15. The van der Waals surface area contributed by atoms with Crippen LogP contribution in [0.25, 0.3) is 0 Å². The van der Waals surface area contributed by atoms with E-state index in [0.717, 1.165) is 5.69 Å². The number of hydrogen-bond donors (Lipinski definition) is 2. The molecule has 0 aliphatic rings. The molecule has 6 nitrogen and oxygen atoms in total. The summed E-state index contributed by atoms with van der Waals surface area (Å²) >= 11 is 0. The van der Waals surface area contributed by atoms with Crippen molar-refractivity contribution in [1.29, 1.82) is 0 Å². The highest BCUT2D eigenvalue weighted by Gasteiger charge is 2.10. The van der Waals surface area contributed by atoms with Gasteiger partial charge in [0.05, 0.1) is 5.75 Å². The molecule has 1 aromatic rings. The standard InChI is InChI=1S/C13H21N3O3S/c1-4-15-20(18,19)10-9-14-13(17)11-5-7-12(8-6-11)16(2)3/h5-8,15H,4,9-10H2,1-3H3,(H,14,17). The number of amides is 1. The van der Waals surface area contributed by atoms with E-state index in [1.165, 1.54) is 0 Å². The maximum Gasteiger partial charge on any atom is 0.251 e. The van der Waals surface area contributed by atoms with Crippen LogP contribution in [0.1, 0.15) is 17.3 Å². The molecule has 1 amide bonds. The van der Waals surface area contributed by atoms with Gasteiger partial charge in [-0.1, -0.05) is 6.92 Å². The second-order valence-electron chi connectivity index (χ2n) is 4.51. The van der Waals surface area contributed by atoms with Crippen molar-refractivity contribution >= 4 is 21.6 Å². The van der Waals surface area contributed by atoms with Gasteiger partial charge in [0, 0.05) is 38.4 Å². The highest BCUT2D eigenvalue weighted by atomic mass is 32.2. The van der Waals surface area contributed by atoms with Gasteiger partial charge in [-0.2, -0.15) is 0 Å². The van der Waals surface area contributed by atoms with Crippen LogP contribution in [0.5, 0.6) is 0 Å². The molecule has 0 spiro atoms. The molecule has 0 bridgehead atoms. The van der Waals surface area contributed by atoms with Crippen molar-refractivity contribution in [2.75, 3.05) is 37.8 Å². The van der Waals surface area contributed by atoms with Crippen molar-refractivity contribution in [2.24, 2.45) is 0 Å². The second-order valence-corrected chi connectivity index (χ2v) is 6.44. The summed E-state index contributed by atoms with van der Waals surface area (Å²) in [4.78, 5) is 13.8. The predicted molar refractivity (Wildman–Crippen MR) is 80.6 cm³/mol. The molecule has 0 heterocycles. The summed E-state index contributed by atoms with van der Waals surface area (Å²) in [5, 5.41) is 2.59. The van der Waals surface area contributed by atoms with Gasteiger partial charge in [-0.3, -0.25) is 4.79 Å². The van der Waals surface area contributed by atoms with Crippen LogP contribution < -0.4 is 14.9 Å². The zero-order chi connectivity index (χ0) is 15.2. The minimum atomic E-state index is -3.30. The lowest BCUT2D eigenvalue weighted by atomic mass is 10.2. The van der Waals surface area contributed by atoms with Crippen molar-refractivity contribution in [3.8, 4) is 0 Å². The number of nitrogens with zero attached hydrogens (tertiary/aromatic N) is 1. The van der Waals surface area contributed by atoms with Gasteiger partial charge in [0.15, 0.2) is 0 Å². The van der Waals surface area contributed by atoms with Gasteiger partial charge in [0.2, 0.25) is 10.0 Å². The van der Waals surface area contributed by atoms with E-state index >= 15 is 0 Å². The summed E-state index contributed by atoms with van der Waals surface area (Å²) in [5.41, 5.74) is 1.51. The number of rotatable bonds is 7. The number of benzene rings is 1. The van der Waals surface area contributed by atoms with E-state index in [4.69, 9.17) is 0 Å². The minimum Gasteiger partial charge on any atom is -0.378 e. The molecule has 0 atom stereocenters. The summed E-state index contributed by atoms with van der Waals surface area (Å²) in [5.74, 6) is -0.399. The normalized spacial score (nSPS) is 11.2. The van der Waals surface area contributed by atoms with Crippen LogP contribution in [-0.4, -0.2) is 47.3 Å². The van der Waals surface area contributed by atoms with Gasteiger partial charge < -0.3 is 10.2 Å². The van der Waals surface area contributed by atoms with Crippen molar-refractivity contribution < 1.29 is 13.2 Å². The Hall–Kier alpha value is -1.60. The van der Waals surface area contributed by atoms with Gasteiger partial charge in [-0.05, 0) is 24.3 Å². The molecular weight excluding hydrogens is 278 g/mol. The molecular formula is C13H21N3O3S. The Bertz CT molecular complexity index is 538. The Morgan fingerprint density at radius 1 is 1.20 bits per heavy atom. The van der Waals surface area contributed by atoms with Crippen LogP contribution in [0.15, 0.2) is 24.3 Å². The van der Waals surface area contributed by atoms with E-state index in [2.05, 4.69) is 10.0 Å². The smallest absolute Gasteiger partial charge is 0.251 e. The van der Waals surface area contributed by atoms with Gasteiger partial charge in [-0.15, -0.1) is 0 Å². The Morgan fingerprint density at radius 2 is 1.80 bits per heavy atom. The lowest BCUT2D eigenvalue weighted by molar-refractivity contribution is 0.0956. The first-order valence-corrected chi connectivity index (χ1v) is 8.04. The maximum atomic E-state index is 11.8. The fourth-order valence-corrected chi connectivity index (χ4v) is 2.56. The number of carbonyl (C=O) groups excluding carboxylic acids is 1. The van der Waals surface area contributed by atoms with Crippen LogP contribution in [0.4, 0.5) is 5.69 Å². The highest BCUT2D eigenvalue weighted by molar-refractivity contribution is 7.89. The molecule has 0 aliphatic carbocycles. The Balaban J connectivity index is 2.51. The third-order valence-corrected chi connectivity index (χ3v) is 4.14. The van der Waals surface area contributed by atoms with E-state index in [-0.39, 0.29) is 18.2 Å². The third-order valence-electron chi connectivity index (χ3n) is 2.67. The van der Waals surface area contributed by atoms with Gasteiger partial charge >= 0.3 is 0 Å². The van der Waals surface area contributed by atoms with Crippen molar-refractivity contribution in [2.45, 2.75) is 6.92 Å². The molecule has 0 saturated heterocycles. The van der Waals surface area contributed by atoms with Gasteiger partial charge in [-0.25, -0.2) is 13.1 Å². The van der Waals surface area contributed by atoms with E-state index in [0.29, 0.717) is 12.1 Å². The zero-order valence-electron chi connectivity index (χ0n) is 12.0. The molecule has 7 heteroatoms. The van der Waals surface area contributed by atoms with Gasteiger partial charge in [0.25, 0.3) is 5.91 Å². The Labute approximate surface area is 120 Å². The van der Waals surface area contributed by atoms with E-state index in [9.17, 15) is 13.2 Å². The van der Waals surface area contributed by atoms with Crippen molar-refractivity contribution in [1.82, 2.24) is 10.0 Å². The molecule has 1 rings (SSSR count). The molecule has 1 aromatic carbocycles. The molecule has 0 unspecified atom stereocenters. The second kappa shape index (κ2) is 7.25. The molecule has 0 aliphatic heterocycles. The van der Waals surface area contributed by atoms with Crippen LogP contribution in [0, 0.1) is 0 Å². The first kappa shape index (κ1) is 16.5. The highest BCUT2D eigenvalue weighted by Crippen LogP contribution is 2.11. The van der Waals surface area contributed by atoms with E-state index < -0.39 is 10.0 Å². The number of nitrogens with one attached hydrogen (secondary N) is 2. The molecule has 20 heavy (non-hydrogen) atoms. The summed E-state index contributed by atoms with van der Waals surface area (Å²) in [6.07, 6.45) is 0. The minimum absolute atomic E-state index is 0.0869. The Morgan fingerprint density at radius 3 is 2.30 bits per heavy atom. The average Bonchev–Trinajstić information content (AvgIpc) is 2.38. The Kier molecular flexibility index (Phi) is 5.97. The quantitative estimate of drug-likeness (QED) is 0.765. The molecule has 0 radical (unpaired) electrons. The zero-order valence-corrected chi connectivity index (χ0v) is 12.8. The number of sulfonamides is 1. The summed E-state index contributed by atoms with van der Waals surface area (Å²) in [7, 11) is 0.536. The largest absolute Gasteiger partial charge is 0.378 e. The van der Waals surface area contributed by atoms with Crippen LogP contribution in [0.2, 0.25) is 0 Å². The average molecular weight is 299 g/mol. The molecule has 112 valence electrons. The van der Waals surface area contributed by atoms with Crippen LogP contribution in [0.3, 0.4) is 0 Å². The maximum absolute atomic E-state index is 11.8. The van der Waals surface area contributed by atoms with Crippen molar-refractivity contribution in [3.63, 3.8) is 0 Å². The van der Waals surface area contributed by atoms with Crippen LogP contribution >= 0.6 is 0 Å². The third kappa shape index (κ3) is 5.18. The first-order chi connectivity index (χ1) is 9.35. The number of carbonyl (C=O) groups is 1. The first-order valence-electron chi connectivity index (χ1n) is 6.38. The molecule has 0 fully saturated rings. The number of hydrogen-bond acceptors (Lipinski definition) is 4. The SMILES string of the molecule is CCNS(=O)(=O)CCNC(=O)c1ccc(N(C)C)cc1. The summed E-state index contributed by atoms with van der Waals surface area (Å²) in [6, 6.07) is 7.10.